The summed E-state index contributed by atoms with van der Waals surface area (Å²) in [5.74, 6) is -0.816. The Hall–Kier alpha value is -1.61. The summed E-state index contributed by atoms with van der Waals surface area (Å²) in [4.78, 5) is 12.5. The highest BCUT2D eigenvalue weighted by Gasteiger charge is 2.37. The molecule has 0 aliphatic rings. The van der Waals surface area contributed by atoms with Gasteiger partial charge in [0, 0.05) is 4.88 Å². The summed E-state index contributed by atoms with van der Waals surface area (Å²) in [5.41, 5.74) is 0.993. The lowest BCUT2D eigenvalue weighted by molar-refractivity contribution is -0.141. The van der Waals surface area contributed by atoms with E-state index in [1.165, 1.54) is 11.3 Å². The van der Waals surface area contributed by atoms with Crippen LogP contribution in [0.2, 0.25) is 0 Å². The van der Waals surface area contributed by atoms with Crippen LogP contribution in [0.4, 0.5) is 0 Å². The molecular weight excluding hydrogens is 232 g/mol. The van der Waals surface area contributed by atoms with Gasteiger partial charge in [-0.1, -0.05) is 35.9 Å². The number of carbonyl (C=O) groups is 1. The van der Waals surface area contributed by atoms with Crippen molar-refractivity contribution < 1.29 is 9.90 Å². The minimum Gasteiger partial charge on any atom is -0.480 e. The molecule has 1 aromatic heterocycles. The van der Waals surface area contributed by atoms with Crippen LogP contribution >= 0.6 is 11.3 Å². The van der Waals surface area contributed by atoms with Crippen molar-refractivity contribution in [3.63, 3.8) is 0 Å². The first-order valence-corrected chi connectivity index (χ1v) is 6.27. The number of hydrogen-bond donors (Lipinski definition) is 1. The Morgan fingerprint density at radius 2 is 1.88 bits per heavy atom. The third-order valence-corrected chi connectivity index (χ3v) is 4.16. The lowest BCUT2D eigenvalue weighted by Gasteiger charge is -2.24. The molecule has 0 amide bonds. The van der Waals surface area contributed by atoms with Crippen LogP contribution in [0.25, 0.3) is 0 Å². The lowest BCUT2D eigenvalue weighted by atomic mass is 9.81. The highest BCUT2D eigenvalue weighted by molar-refractivity contribution is 7.10. The van der Waals surface area contributed by atoms with Crippen LogP contribution in [-0.2, 0) is 10.2 Å². The molecule has 2 rings (SSSR count). The zero-order valence-electron chi connectivity index (χ0n) is 9.81. The van der Waals surface area contributed by atoms with Crippen molar-refractivity contribution in [1.82, 2.24) is 0 Å². The number of benzene rings is 1. The number of aliphatic carboxylic acids is 1. The molecule has 0 bridgehead atoms. The second kappa shape index (κ2) is 4.34. The van der Waals surface area contributed by atoms with Gasteiger partial charge in [-0.15, -0.1) is 11.3 Å². The monoisotopic (exact) mass is 246 g/mol. The number of carboxylic acid groups (broad SMARTS) is 1. The molecule has 1 heterocycles. The van der Waals surface area contributed by atoms with Crippen LogP contribution in [0, 0.1) is 6.92 Å². The van der Waals surface area contributed by atoms with Gasteiger partial charge in [0.15, 0.2) is 0 Å². The third-order valence-electron chi connectivity index (χ3n) is 3.07. The van der Waals surface area contributed by atoms with Gasteiger partial charge in [0.1, 0.15) is 5.41 Å². The van der Waals surface area contributed by atoms with E-state index >= 15 is 0 Å². The van der Waals surface area contributed by atoms with E-state index in [4.69, 9.17) is 0 Å². The molecule has 17 heavy (non-hydrogen) atoms. The van der Waals surface area contributed by atoms with Crippen molar-refractivity contribution >= 4 is 17.3 Å². The molecule has 88 valence electrons. The molecule has 3 heteroatoms. The van der Waals surface area contributed by atoms with Gasteiger partial charge in [0.25, 0.3) is 0 Å². The van der Waals surface area contributed by atoms with E-state index in [1.807, 2.05) is 48.7 Å². The maximum absolute atomic E-state index is 11.6. The fraction of sp³-hybridized carbons (Fsp3) is 0.214. The van der Waals surface area contributed by atoms with Gasteiger partial charge in [-0.3, -0.25) is 4.79 Å². The fourth-order valence-electron chi connectivity index (χ4n) is 1.82. The summed E-state index contributed by atoms with van der Waals surface area (Å²) in [6, 6.07) is 11.4. The molecule has 0 aliphatic heterocycles. The van der Waals surface area contributed by atoms with E-state index in [9.17, 15) is 9.90 Å². The van der Waals surface area contributed by atoms with Crippen molar-refractivity contribution in [2.45, 2.75) is 19.3 Å². The lowest BCUT2D eigenvalue weighted by Crippen LogP contribution is -2.32. The van der Waals surface area contributed by atoms with E-state index in [-0.39, 0.29) is 0 Å². The Kier molecular flexibility index (Phi) is 3.03. The Morgan fingerprint density at radius 1 is 1.24 bits per heavy atom. The number of aryl methyl sites for hydroxylation is 1. The van der Waals surface area contributed by atoms with Crippen molar-refractivity contribution in [2.75, 3.05) is 0 Å². The summed E-state index contributed by atoms with van der Waals surface area (Å²) in [5, 5.41) is 11.4. The zero-order valence-corrected chi connectivity index (χ0v) is 10.6. The van der Waals surface area contributed by atoms with Gasteiger partial charge < -0.3 is 5.11 Å². The first-order valence-electron chi connectivity index (χ1n) is 5.39. The summed E-state index contributed by atoms with van der Waals surface area (Å²) in [6.45, 7) is 3.75. The normalized spacial score (nSPS) is 14.2. The van der Waals surface area contributed by atoms with E-state index < -0.39 is 11.4 Å². The van der Waals surface area contributed by atoms with Crippen LogP contribution in [0.5, 0.6) is 0 Å². The first kappa shape index (κ1) is 11.9. The average molecular weight is 246 g/mol. The molecule has 2 nitrogen and oxygen atoms in total. The molecule has 1 N–H and O–H groups in total. The zero-order chi connectivity index (χ0) is 12.5. The Balaban J connectivity index is 2.56. The van der Waals surface area contributed by atoms with Gasteiger partial charge in [0.2, 0.25) is 0 Å². The maximum Gasteiger partial charge on any atom is 0.319 e. The average Bonchev–Trinajstić information content (AvgIpc) is 2.82. The number of thiophene rings is 1. The van der Waals surface area contributed by atoms with Gasteiger partial charge >= 0.3 is 5.97 Å². The van der Waals surface area contributed by atoms with Gasteiger partial charge in [-0.2, -0.15) is 0 Å². The molecule has 1 atom stereocenters. The van der Waals surface area contributed by atoms with Gasteiger partial charge in [0.05, 0.1) is 0 Å². The van der Waals surface area contributed by atoms with Crippen LogP contribution < -0.4 is 0 Å². The highest BCUT2D eigenvalue weighted by atomic mass is 32.1. The summed E-state index contributed by atoms with van der Waals surface area (Å²) >= 11 is 1.48. The van der Waals surface area contributed by atoms with Crippen LogP contribution in [0.15, 0.2) is 41.8 Å². The predicted octanol–water partition coefficient (Wildman–Crippen LogP) is 3.45. The Bertz CT molecular complexity index is 514. The van der Waals surface area contributed by atoms with Crippen LogP contribution in [-0.4, -0.2) is 11.1 Å². The largest absolute Gasteiger partial charge is 0.480 e. The molecule has 1 unspecified atom stereocenters. The SMILES string of the molecule is Cc1ccc(C(C)(C(=O)O)c2cccs2)cc1. The highest BCUT2D eigenvalue weighted by Crippen LogP contribution is 2.35. The molecule has 0 saturated heterocycles. The van der Waals surface area contributed by atoms with Crippen molar-refractivity contribution in [2.24, 2.45) is 0 Å². The maximum atomic E-state index is 11.6. The molecular formula is C14H14O2S. The number of carboxylic acids is 1. The molecule has 0 fully saturated rings. The molecule has 0 radical (unpaired) electrons. The summed E-state index contributed by atoms with van der Waals surface area (Å²) in [7, 11) is 0. The standard InChI is InChI=1S/C14H14O2S/c1-10-5-7-11(8-6-10)14(2,13(15)16)12-4-3-9-17-12/h3-9H,1-2H3,(H,15,16). The second-order valence-electron chi connectivity index (χ2n) is 4.27. The van der Waals surface area contributed by atoms with E-state index in [2.05, 4.69) is 0 Å². The van der Waals surface area contributed by atoms with E-state index in [0.717, 1.165) is 16.0 Å². The molecule has 2 aromatic rings. The minimum atomic E-state index is -0.956. The molecule has 0 saturated carbocycles. The fourth-order valence-corrected chi connectivity index (χ4v) is 2.72. The van der Waals surface area contributed by atoms with Crippen molar-refractivity contribution in [3.8, 4) is 0 Å². The second-order valence-corrected chi connectivity index (χ2v) is 5.22. The van der Waals surface area contributed by atoms with Crippen LogP contribution in [0.1, 0.15) is 22.9 Å². The van der Waals surface area contributed by atoms with Crippen molar-refractivity contribution in [1.29, 1.82) is 0 Å². The van der Waals surface area contributed by atoms with E-state index in [0.29, 0.717) is 0 Å². The quantitative estimate of drug-likeness (QED) is 0.900. The Labute approximate surface area is 105 Å². The Morgan fingerprint density at radius 3 is 2.35 bits per heavy atom. The molecule has 1 aromatic carbocycles. The molecule has 0 spiro atoms. The smallest absolute Gasteiger partial charge is 0.319 e. The first-order chi connectivity index (χ1) is 8.05. The van der Waals surface area contributed by atoms with Gasteiger partial charge in [-0.25, -0.2) is 0 Å². The summed E-state index contributed by atoms with van der Waals surface area (Å²) in [6.07, 6.45) is 0. The van der Waals surface area contributed by atoms with Crippen molar-refractivity contribution in [3.05, 3.63) is 57.8 Å². The minimum absolute atomic E-state index is 0.816. The number of rotatable bonds is 3. The van der Waals surface area contributed by atoms with Gasteiger partial charge in [-0.05, 0) is 30.9 Å². The molecule has 0 aliphatic carbocycles. The van der Waals surface area contributed by atoms with Crippen LogP contribution in [0.3, 0.4) is 0 Å². The third kappa shape index (κ3) is 1.98. The predicted molar refractivity (Wildman–Crippen MR) is 69.6 cm³/mol. The van der Waals surface area contributed by atoms with E-state index in [1.54, 1.807) is 6.92 Å². The topological polar surface area (TPSA) is 37.3 Å². The number of hydrogen-bond acceptors (Lipinski definition) is 2. The summed E-state index contributed by atoms with van der Waals surface area (Å²) < 4.78 is 0.